The lowest BCUT2D eigenvalue weighted by Gasteiger charge is -2.34. The third-order valence-corrected chi connectivity index (χ3v) is 6.00. The first-order chi connectivity index (χ1) is 13.4. The number of carbonyl (C=O) groups excluding carboxylic acids is 1. The van der Waals surface area contributed by atoms with Gasteiger partial charge in [0.2, 0.25) is 10.0 Å². The summed E-state index contributed by atoms with van der Waals surface area (Å²) in [6.07, 6.45) is 0. The number of rotatable bonds is 6. The number of amides is 2. The van der Waals surface area contributed by atoms with Crippen LogP contribution in [0, 0.1) is 0 Å². The van der Waals surface area contributed by atoms with Crippen LogP contribution < -0.4 is 10.0 Å². The maximum Gasteiger partial charge on any atom is 0.321 e. The third-order valence-electron chi connectivity index (χ3n) is 4.70. The van der Waals surface area contributed by atoms with Gasteiger partial charge in [-0.1, -0.05) is 30.3 Å². The molecule has 0 unspecified atom stereocenters. The minimum absolute atomic E-state index is 0.0156. The normalized spacial score (nSPS) is 15.2. The summed E-state index contributed by atoms with van der Waals surface area (Å²) in [5.74, 6) is 0.0156. The van der Waals surface area contributed by atoms with Crippen molar-refractivity contribution < 1.29 is 13.2 Å². The molecule has 1 heterocycles. The van der Waals surface area contributed by atoms with E-state index in [2.05, 4.69) is 27.1 Å². The van der Waals surface area contributed by atoms with E-state index >= 15 is 0 Å². The molecule has 3 rings (SSSR count). The van der Waals surface area contributed by atoms with Gasteiger partial charge in [-0.15, -0.1) is 0 Å². The Bertz CT molecular complexity index is 877. The van der Waals surface area contributed by atoms with Crippen LogP contribution in [0.25, 0.3) is 0 Å². The molecule has 1 aliphatic heterocycles. The Morgan fingerprint density at radius 3 is 2.14 bits per heavy atom. The number of hydrogen-bond acceptors (Lipinski definition) is 4. The molecule has 0 aliphatic carbocycles. The largest absolute Gasteiger partial charge is 0.322 e. The Kier molecular flexibility index (Phi) is 6.53. The molecule has 1 fully saturated rings. The second-order valence-electron chi connectivity index (χ2n) is 6.76. The lowest BCUT2D eigenvalue weighted by Crippen LogP contribution is -2.49. The predicted molar refractivity (Wildman–Crippen MR) is 112 cm³/mol. The van der Waals surface area contributed by atoms with Crippen molar-refractivity contribution in [1.29, 1.82) is 0 Å². The molecule has 2 amide bonds. The van der Waals surface area contributed by atoms with Crippen molar-refractivity contribution in [2.75, 3.05) is 42.0 Å². The van der Waals surface area contributed by atoms with Crippen LogP contribution in [0.15, 0.2) is 54.6 Å². The smallest absolute Gasteiger partial charge is 0.321 e. The van der Waals surface area contributed by atoms with E-state index in [9.17, 15) is 13.2 Å². The Morgan fingerprint density at radius 1 is 0.929 bits per heavy atom. The fraction of sp³-hybridized carbons (Fsp3) is 0.350. The molecular weight excluding hydrogens is 376 g/mol. The van der Waals surface area contributed by atoms with E-state index in [1.165, 1.54) is 5.56 Å². The van der Waals surface area contributed by atoms with Gasteiger partial charge in [-0.05, 0) is 36.8 Å². The van der Waals surface area contributed by atoms with Gasteiger partial charge in [0.25, 0.3) is 0 Å². The number of benzene rings is 2. The van der Waals surface area contributed by atoms with E-state index in [0.29, 0.717) is 24.5 Å². The summed E-state index contributed by atoms with van der Waals surface area (Å²) < 4.78 is 25.7. The topological polar surface area (TPSA) is 81.8 Å². The number of carbonyl (C=O) groups is 1. The van der Waals surface area contributed by atoms with E-state index in [-0.39, 0.29) is 11.8 Å². The highest BCUT2D eigenvalue weighted by molar-refractivity contribution is 7.92. The van der Waals surface area contributed by atoms with Crippen LogP contribution in [0.5, 0.6) is 0 Å². The second-order valence-corrected chi connectivity index (χ2v) is 8.77. The number of sulfonamides is 1. The quantitative estimate of drug-likeness (QED) is 0.778. The average molecular weight is 403 g/mol. The highest BCUT2D eigenvalue weighted by Gasteiger charge is 2.21. The molecule has 1 aliphatic rings. The summed E-state index contributed by atoms with van der Waals surface area (Å²) in [7, 11) is -3.30. The van der Waals surface area contributed by atoms with Crippen LogP contribution in [0.4, 0.5) is 16.2 Å². The summed E-state index contributed by atoms with van der Waals surface area (Å²) in [4.78, 5) is 16.6. The maximum absolute atomic E-state index is 12.5. The lowest BCUT2D eigenvalue weighted by atomic mass is 10.2. The Labute approximate surface area is 166 Å². The fourth-order valence-corrected chi connectivity index (χ4v) is 3.67. The van der Waals surface area contributed by atoms with Crippen LogP contribution in [-0.4, -0.2) is 56.2 Å². The highest BCUT2D eigenvalue weighted by Crippen LogP contribution is 2.16. The summed E-state index contributed by atoms with van der Waals surface area (Å²) in [6.45, 7) is 5.49. The highest BCUT2D eigenvalue weighted by atomic mass is 32.2. The monoisotopic (exact) mass is 402 g/mol. The SMILES string of the molecule is CCS(=O)(=O)Nc1ccc(NC(=O)N2CCN(Cc3ccccc3)CC2)cc1. The lowest BCUT2D eigenvalue weighted by molar-refractivity contribution is 0.143. The van der Waals surface area contributed by atoms with Gasteiger partial charge in [0.05, 0.1) is 5.75 Å². The standard InChI is InChI=1S/C20H26N4O3S/c1-2-28(26,27)22-19-10-8-18(9-11-19)21-20(25)24-14-12-23(13-15-24)16-17-6-4-3-5-7-17/h3-11,22H,2,12-16H2,1H3,(H,21,25). The molecule has 0 saturated carbocycles. The van der Waals surface area contributed by atoms with E-state index in [0.717, 1.165) is 19.6 Å². The summed E-state index contributed by atoms with van der Waals surface area (Å²) >= 11 is 0. The van der Waals surface area contributed by atoms with Crippen LogP contribution in [0.2, 0.25) is 0 Å². The molecule has 8 heteroatoms. The minimum Gasteiger partial charge on any atom is -0.322 e. The van der Waals surface area contributed by atoms with Crippen LogP contribution in [0.1, 0.15) is 12.5 Å². The van der Waals surface area contributed by atoms with Gasteiger partial charge >= 0.3 is 6.03 Å². The zero-order valence-corrected chi connectivity index (χ0v) is 16.8. The third kappa shape index (κ3) is 5.71. The first kappa shape index (κ1) is 20.2. The molecule has 2 N–H and O–H groups in total. The molecule has 1 saturated heterocycles. The number of hydrogen-bond donors (Lipinski definition) is 2. The predicted octanol–water partition coefficient (Wildman–Crippen LogP) is 2.80. The van der Waals surface area contributed by atoms with E-state index in [4.69, 9.17) is 0 Å². The molecule has 0 atom stereocenters. The zero-order valence-electron chi connectivity index (χ0n) is 16.0. The van der Waals surface area contributed by atoms with Gasteiger partial charge in [0.15, 0.2) is 0 Å². The molecule has 150 valence electrons. The number of anilines is 2. The number of nitrogens with zero attached hydrogens (tertiary/aromatic N) is 2. The maximum atomic E-state index is 12.5. The van der Waals surface area contributed by atoms with Crippen LogP contribution in [0.3, 0.4) is 0 Å². The van der Waals surface area contributed by atoms with Gasteiger partial charge in [0, 0.05) is 44.1 Å². The van der Waals surface area contributed by atoms with Crippen molar-refractivity contribution >= 4 is 27.4 Å². The summed E-state index contributed by atoms with van der Waals surface area (Å²) in [6, 6.07) is 16.8. The van der Waals surface area contributed by atoms with E-state index < -0.39 is 10.0 Å². The number of nitrogens with one attached hydrogen (secondary N) is 2. The molecule has 0 spiro atoms. The molecule has 0 radical (unpaired) electrons. The van der Waals surface area contributed by atoms with E-state index in [1.807, 2.05) is 18.2 Å². The number of urea groups is 1. The fourth-order valence-electron chi connectivity index (χ4n) is 3.03. The van der Waals surface area contributed by atoms with Crippen molar-refractivity contribution in [2.24, 2.45) is 0 Å². The Hall–Kier alpha value is -2.58. The van der Waals surface area contributed by atoms with Crippen molar-refractivity contribution in [1.82, 2.24) is 9.80 Å². The van der Waals surface area contributed by atoms with Crippen molar-refractivity contribution in [3.63, 3.8) is 0 Å². The average Bonchev–Trinajstić information content (AvgIpc) is 2.70. The van der Waals surface area contributed by atoms with Gasteiger partial charge in [-0.25, -0.2) is 13.2 Å². The van der Waals surface area contributed by atoms with Gasteiger partial charge < -0.3 is 10.2 Å². The minimum atomic E-state index is -3.30. The van der Waals surface area contributed by atoms with Gasteiger partial charge in [-0.2, -0.15) is 0 Å². The molecule has 28 heavy (non-hydrogen) atoms. The summed E-state index contributed by atoms with van der Waals surface area (Å²) in [5.41, 5.74) is 2.39. The second kappa shape index (κ2) is 9.07. The zero-order chi connectivity index (χ0) is 20.0. The first-order valence-electron chi connectivity index (χ1n) is 9.38. The molecule has 2 aromatic carbocycles. The van der Waals surface area contributed by atoms with Crippen molar-refractivity contribution in [3.8, 4) is 0 Å². The summed E-state index contributed by atoms with van der Waals surface area (Å²) in [5, 5.41) is 2.87. The Morgan fingerprint density at radius 2 is 1.54 bits per heavy atom. The van der Waals surface area contributed by atoms with Crippen molar-refractivity contribution in [2.45, 2.75) is 13.5 Å². The van der Waals surface area contributed by atoms with Gasteiger partial charge in [0.1, 0.15) is 0 Å². The number of piperazine rings is 1. The van der Waals surface area contributed by atoms with Crippen LogP contribution >= 0.6 is 0 Å². The van der Waals surface area contributed by atoms with E-state index in [1.54, 1.807) is 36.1 Å². The van der Waals surface area contributed by atoms with Gasteiger partial charge in [-0.3, -0.25) is 9.62 Å². The molecule has 2 aromatic rings. The Balaban J connectivity index is 1.48. The van der Waals surface area contributed by atoms with Crippen molar-refractivity contribution in [3.05, 3.63) is 60.2 Å². The molecule has 0 aromatic heterocycles. The molecular formula is C20H26N4O3S. The van der Waals surface area contributed by atoms with Crippen LogP contribution in [-0.2, 0) is 16.6 Å². The first-order valence-corrected chi connectivity index (χ1v) is 11.0. The molecule has 0 bridgehead atoms. The molecule has 7 nitrogen and oxygen atoms in total.